The highest BCUT2D eigenvalue weighted by atomic mass is 16.1. The molecule has 3 heterocycles. The molecule has 0 saturated carbocycles. The van der Waals surface area contributed by atoms with Gasteiger partial charge in [-0.2, -0.15) is 0 Å². The van der Waals surface area contributed by atoms with Crippen molar-refractivity contribution in [1.29, 1.82) is 0 Å². The van der Waals surface area contributed by atoms with E-state index in [1.54, 1.807) is 0 Å². The molecule has 1 amide bonds. The van der Waals surface area contributed by atoms with E-state index in [1.165, 1.54) is 0 Å². The van der Waals surface area contributed by atoms with E-state index >= 15 is 0 Å². The molecular weight excluding hydrogens is 242 g/mol. The largest absolute Gasteiger partial charge is 0.349 e. The van der Waals surface area contributed by atoms with Crippen molar-refractivity contribution in [3.05, 3.63) is 30.2 Å². The summed E-state index contributed by atoms with van der Waals surface area (Å²) < 4.78 is 1.89. The molecule has 1 aliphatic heterocycles. The maximum Gasteiger partial charge on any atom is 0.220 e. The van der Waals surface area contributed by atoms with Crippen molar-refractivity contribution >= 4 is 11.6 Å². The number of fused-ring (bicyclic) bond motifs is 1. The fraction of sp³-hybridized carbons (Fsp3) is 0.462. The summed E-state index contributed by atoms with van der Waals surface area (Å²) in [7, 11) is 0. The van der Waals surface area contributed by atoms with Crippen LogP contribution in [-0.2, 0) is 11.3 Å². The molecule has 0 bridgehead atoms. The first kappa shape index (κ1) is 12.1. The number of aromatic nitrogens is 3. The highest BCUT2D eigenvalue weighted by Gasteiger charge is 2.18. The van der Waals surface area contributed by atoms with Gasteiger partial charge < -0.3 is 10.6 Å². The van der Waals surface area contributed by atoms with Crippen LogP contribution in [-0.4, -0.2) is 33.6 Å². The second-order valence-electron chi connectivity index (χ2n) is 4.88. The molecule has 2 N–H and O–H groups in total. The van der Waals surface area contributed by atoms with Gasteiger partial charge in [0.15, 0.2) is 11.5 Å². The maximum absolute atomic E-state index is 11.8. The standard InChI is InChI=1S/C13H17N5O/c19-13(7-10-4-5-14-8-10)15-9-12-17-16-11-3-1-2-6-18(11)12/h1-3,6,10,14H,4-5,7-9H2,(H,15,19). The zero-order valence-corrected chi connectivity index (χ0v) is 10.7. The van der Waals surface area contributed by atoms with E-state index < -0.39 is 0 Å². The Morgan fingerprint density at radius 3 is 3.26 bits per heavy atom. The molecule has 1 atom stereocenters. The SMILES string of the molecule is O=C(CC1CCNC1)NCc1nnc2ccccn12. The molecule has 0 aromatic carbocycles. The number of amides is 1. The Hall–Kier alpha value is -1.95. The van der Waals surface area contributed by atoms with E-state index in [9.17, 15) is 4.79 Å². The molecule has 1 fully saturated rings. The number of rotatable bonds is 4. The number of hydrogen-bond donors (Lipinski definition) is 2. The Morgan fingerprint density at radius 2 is 2.42 bits per heavy atom. The zero-order chi connectivity index (χ0) is 13.1. The van der Waals surface area contributed by atoms with Crippen LogP contribution in [0.1, 0.15) is 18.7 Å². The number of nitrogens with zero attached hydrogens (tertiary/aromatic N) is 3. The lowest BCUT2D eigenvalue weighted by molar-refractivity contribution is -0.122. The van der Waals surface area contributed by atoms with Gasteiger partial charge in [-0.15, -0.1) is 10.2 Å². The van der Waals surface area contributed by atoms with E-state index in [2.05, 4.69) is 20.8 Å². The molecular formula is C13H17N5O. The predicted octanol–water partition coefficient (Wildman–Crippen LogP) is 0.345. The van der Waals surface area contributed by atoms with Crippen LogP contribution >= 0.6 is 0 Å². The Kier molecular flexibility index (Phi) is 3.41. The van der Waals surface area contributed by atoms with Crippen LogP contribution in [0.2, 0.25) is 0 Å². The zero-order valence-electron chi connectivity index (χ0n) is 10.7. The van der Waals surface area contributed by atoms with Crippen molar-refractivity contribution in [1.82, 2.24) is 25.2 Å². The van der Waals surface area contributed by atoms with Crippen molar-refractivity contribution < 1.29 is 4.79 Å². The third-order valence-electron chi connectivity index (χ3n) is 3.46. The average molecular weight is 259 g/mol. The summed E-state index contributed by atoms with van der Waals surface area (Å²) in [6.07, 6.45) is 3.57. The molecule has 1 aliphatic rings. The summed E-state index contributed by atoms with van der Waals surface area (Å²) in [5.74, 6) is 1.31. The predicted molar refractivity (Wildman–Crippen MR) is 70.4 cm³/mol. The quantitative estimate of drug-likeness (QED) is 0.831. The summed E-state index contributed by atoms with van der Waals surface area (Å²) in [6.45, 7) is 2.39. The number of nitrogens with one attached hydrogen (secondary N) is 2. The number of carbonyl (C=O) groups excluding carboxylic acids is 1. The third kappa shape index (κ3) is 2.73. The summed E-state index contributed by atoms with van der Waals surface area (Å²) >= 11 is 0. The summed E-state index contributed by atoms with van der Waals surface area (Å²) in [6, 6.07) is 5.73. The normalized spacial score (nSPS) is 18.8. The van der Waals surface area contributed by atoms with Crippen molar-refractivity contribution in [2.75, 3.05) is 13.1 Å². The monoisotopic (exact) mass is 259 g/mol. The van der Waals surface area contributed by atoms with E-state index in [0.29, 0.717) is 18.9 Å². The van der Waals surface area contributed by atoms with Crippen LogP contribution < -0.4 is 10.6 Å². The minimum Gasteiger partial charge on any atom is -0.349 e. The topological polar surface area (TPSA) is 71.3 Å². The molecule has 1 unspecified atom stereocenters. The lowest BCUT2D eigenvalue weighted by atomic mass is 10.0. The van der Waals surface area contributed by atoms with Crippen molar-refractivity contribution in [3.63, 3.8) is 0 Å². The van der Waals surface area contributed by atoms with Crippen LogP contribution in [0.3, 0.4) is 0 Å². The third-order valence-corrected chi connectivity index (χ3v) is 3.46. The molecule has 0 spiro atoms. The first-order valence-corrected chi connectivity index (χ1v) is 6.59. The van der Waals surface area contributed by atoms with E-state index in [0.717, 1.165) is 31.0 Å². The second-order valence-corrected chi connectivity index (χ2v) is 4.88. The molecule has 100 valence electrons. The average Bonchev–Trinajstić information content (AvgIpc) is 3.05. The molecule has 19 heavy (non-hydrogen) atoms. The van der Waals surface area contributed by atoms with Crippen LogP contribution in [0.5, 0.6) is 0 Å². The molecule has 2 aromatic rings. The van der Waals surface area contributed by atoms with Crippen molar-refractivity contribution in [3.8, 4) is 0 Å². The van der Waals surface area contributed by atoms with Crippen LogP contribution in [0.15, 0.2) is 24.4 Å². The Bertz CT molecular complexity index is 573. The van der Waals surface area contributed by atoms with E-state index in [4.69, 9.17) is 0 Å². The Morgan fingerprint density at radius 1 is 1.47 bits per heavy atom. The van der Waals surface area contributed by atoms with Gasteiger partial charge in [-0.25, -0.2) is 0 Å². The fourth-order valence-electron chi connectivity index (χ4n) is 2.41. The lowest BCUT2D eigenvalue weighted by Crippen LogP contribution is -2.26. The van der Waals surface area contributed by atoms with Crippen molar-refractivity contribution in [2.24, 2.45) is 5.92 Å². The summed E-state index contributed by atoms with van der Waals surface area (Å²) in [5.41, 5.74) is 0.798. The van der Waals surface area contributed by atoms with Gasteiger partial charge in [0.25, 0.3) is 0 Å². The molecule has 2 aromatic heterocycles. The van der Waals surface area contributed by atoms with Gasteiger partial charge >= 0.3 is 0 Å². The minimum absolute atomic E-state index is 0.0846. The summed E-state index contributed by atoms with van der Waals surface area (Å²) in [5, 5.41) is 14.3. The molecule has 0 aliphatic carbocycles. The van der Waals surface area contributed by atoms with Gasteiger partial charge in [-0.1, -0.05) is 6.07 Å². The molecule has 6 heteroatoms. The van der Waals surface area contributed by atoms with Gasteiger partial charge in [0, 0.05) is 12.6 Å². The first-order valence-electron chi connectivity index (χ1n) is 6.59. The number of pyridine rings is 1. The van der Waals surface area contributed by atoms with Gasteiger partial charge in [0.2, 0.25) is 5.91 Å². The van der Waals surface area contributed by atoms with Crippen LogP contribution in [0.25, 0.3) is 5.65 Å². The van der Waals surface area contributed by atoms with Gasteiger partial charge in [-0.3, -0.25) is 9.20 Å². The smallest absolute Gasteiger partial charge is 0.220 e. The lowest BCUT2D eigenvalue weighted by Gasteiger charge is -2.08. The molecule has 6 nitrogen and oxygen atoms in total. The molecule has 1 saturated heterocycles. The number of hydrogen-bond acceptors (Lipinski definition) is 4. The van der Waals surface area contributed by atoms with Gasteiger partial charge in [0.05, 0.1) is 6.54 Å². The summed E-state index contributed by atoms with van der Waals surface area (Å²) in [4.78, 5) is 11.8. The van der Waals surface area contributed by atoms with Crippen LogP contribution in [0, 0.1) is 5.92 Å². The first-order chi connectivity index (χ1) is 9.33. The second kappa shape index (κ2) is 5.36. The molecule has 3 rings (SSSR count). The Balaban J connectivity index is 1.58. The molecule has 0 radical (unpaired) electrons. The van der Waals surface area contributed by atoms with Crippen LogP contribution in [0.4, 0.5) is 0 Å². The maximum atomic E-state index is 11.8. The van der Waals surface area contributed by atoms with E-state index in [-0.39, 0.29) is 5.91 Å². The highest BCUT2D eigenvalue weighted by Crippen LogP contribution is 2.11. The minimum atomic E-state index is 0.0846. The number of carbonyl (C=O) groups is 1. The van der Waals surface area contributed by atoms with Gasteiger partial charge in [-0.05, 0) is 37.6 Å². The highest BCUT2D eigenvalue weighted by molar-refractivity contribution is 5.76. The Labute approximate surface area is 111 Å². The van der Waals surface area contributed by atoms with Crippen molar-refractivity contribution in [2.45, 2.75) is 19.4 Å². The van der Waals surface area contributed by atoms with Gasteiger partial charge in [0.1, 0.15) is 0 Å². The fourth-order valence-corrected chi connectivity index (χ4v) is 2.41. The van der Waals surface area contributed by atoms with E-state index in [1.807, 2.05) is 28.8 Å².